The molecule has 0 spiro atoms. The van der Waals surface area contributed by atoms with Gasteiger partial charge in [0.2, 0.25) is 0 Å². The summed E-state index contributed by atoms with van der Waals surface area (Å²) in [5, 5.41) is 1.34. The maximum atomic E-state index is 5.55. The van der Waals surface area contributed by atoms with Crippen LogP contribution in [-0.4, -0.2) is 11.1 Å². The van der Waals surface area contributed by atoms with Gasteiger partial charge in [0.1, 0.15) is 0 Å². The van der Waals surface area contributed by atoms with Gasteiger partial charge in [-0.1, -0.05) is 18.2 Å². The Morgan fingerprint density at radius 2 is 2.07 bits per heavy atom. The molecule has 0 saturated heterocycles. The van der Waals surface area contributed by atoms with Gasteiger partial charge >= 0.3 is 0 Å². The summed E-state index contributed by atoms with van der Waals surface area (Å²) in [5.41, 5.74) is 8.30. The van der Waals surface area contributed by atoms with E-state index in [0.717, 1.165) is 25.9 Å². The van der Waals surface area contributed by atoms with Crippen LogP contribution < -0.4 is 5.73 Å². The molecule has 0 fully saturated rings. The molecule has 2 aromatic rings. The lowest BCUT2D eigenvalue weighted by atomic mass is 10.2. The van der Waals surface area contributed by atoms with Crippen molar-refractivity contribution in [2.45, 2.75) is 26.3 Å². The molecule has 0 atom stereocenters. The summed E-state index contributed by atoms with van der Waals surface area (Å²) in [5.74, 6) is 0. The Labute approximate surface area is 90.7 Å². The van der Waals surface area contributed by atoms with Crippen LogP contribution in [0.1, 0.15) is 19.0 Å². The van der Waals surface area contributed by atoms with Gasteiger partial charge in [-0.2, -0.15) is 0 Å². The standard InChI is InChI=1S/C13H18N2/c1-2-15-12(7-5-9-14)10-11-6-3-4-8-13(11)15/h3-4,6,8,10H,2,5,7,9,14H2,1H3. The van der Waals surface area contributed by atoms with Crippen LogP contribution in [0.3, 0.4) is 0 Å². The SMILES string of the molecule is CCn1c(CCCN)cc2ccccc21. The van der Waals surface area contributed by atoms with Gasteiger partial charge in [0.05, 0.1) is 0 Å². The van der Waals surface area contributed by atoms with E-state index >= 15 is 0 Å². The quantitative estimate of drug-likeness (QED) is 0.811. The van der Waals surface area contributed by atoms with Crippen LogP contribution in [0.2, 0.25) is 0 Å². The number of aryl methyl sites for hydroxylation is 2. The van der Waals surface area contributed by atoms with Crippen LogP contribution in [0.25, 0.3) is 10.9 Å². The fourth-order valence-corrected chi connectivity index (χ4v) is 2.13. The Hall–Kier alpha value is -1.28. The molecule has 2 heteroatoms. The van der Waals surface area contributed by atoms with Gasteiger partial charge in [-0.3, -0.25) is 0 Å². The summed E-state index contributed by atoms with van der Waals surface area (Å²) in [6.07, 6.45) is 2.15. The first-order valence-electron chi connectivity index (χ1n) is 5.64. The highest BCUT2D eigenvalue weighted by atomic mass is 15.0. The summed E-state index contributed by atoms with van der Waals surface area (Å²) in [4.78, 5) is 0. The van der Waals surface area contributed by atoms with Crippen molar-refractivity contribution in [3.63, 3.8) is 0 Å². The zero-order chi connectivity index (χ0) is 10.7. The molecule has 1 aromatic heterocycles. The number of rotatable bonds is 4. The topological polar surface area (TPSA) is 30.9 Å². The molecule has 0 aliphatic carbocycles. The summed E-state index contributed by atoms with van der Waals surface area (Å²) < 4.78 is 2.38. The van der Waals surface area contributed by atoms with Crippen molar-refractivity contribution in [3.05, 3.63) is 36.0 Å². The molecule has 0 aliphatic heterocycles. The second kappa shape index (κ2) is 4.49. The first-order chi connectivity index (χ1) is 7.36. The van der Waals surface area contributed by atoms with Gasteiger partial charge in [-0.05, 0) is 43.8 Å². The Bertz CT molecular complexity index is 443. The summed E-state index contributed by atoms with van der Waals surface area (Å²) in [6.45, 7) is 4.00. The molecule has 0 radical (unpaired) electrons. The Morgan fingerprint density at radius 3 is 2.80 bits per heavy atom. The van der Waals surface area contributed by atoms with E-state index in [9.17, 15) is 0 Å². The van der Waals surface area contributed by atoms with E-state index in [1.54, 1.807) is 0 Å². The first kappa shape index (κ1) is 10.2. The highest BCUT2D eigenvalue weighted by Crippen LogP contribution is 2.20. The number of benzene rings is 1. The number of aromatic nitrogens is 1. The highest BCUT2D eigenvalue weighted by molar-refractivity contribution is 5.81. The largest absolute Gasteiger partial charge is 0.345 e. The number of nitrogens with two attached hydrogens (primary N) is 1. The molecule has 0 amide bonds. The zero-order valence-electron chi connectivity index (χ0n) is 9.24. The van der Waals surface area contributed by atoms with Crippen molar-refractivity contribution in [3.8, 4) is 0 Å². The van der Waals surface area contributed by atoms with Crippen LogP contribution in [-0.2, 0) is 13.0 Å². The average Bonchev–Trinajstić information content (AvgIpc) is 2.63. The van der Waals surface area contributed by atoms with E-state index in [4.69, 9.17) is 5.73 Å². The minimum Gasteiger partial charge on any atom is -0.345 e. The smallest absolute Gasteiger partial charge is 0.0482 e. The second-order valence-corrected chi connectivity index (χ2v) is 3.83. The number of hydrogen-bond acceptors (Lipinski definition) is 1. The fourth-order valence-electron chi connectivity index (χ4n) is 2.13. The zero-order valence-corrected chi connectivity index (χ0v) is 9.24. The van der Waals surface area contributed by atoms with Crippen molar-refractivity contribution in [1.82, 2.24) is 4.57 Å². The van der Waals surface area contributed by atoms with Crippen LogP contribution in [0, 0.1) is 0 Å². The van der Waals surface area contributed by atoms with Gasteiger partial charge in [-0.25, -0.2) is 0 Å². The minimum atomic E-state index is 0.769. The van der Waals surface area contributed by atoms with Crippen molar-refractivity contribution < 1.29 is 0 Å². The Balaban J connectivity index is 2.44. The molecule has 1 aromatic carbocycles. The van der Waals surface area contributed by atoms with E-state index < -0.39 is 0 Å². The Morgan fingerprint density at radius 1 is 1.27 bits per heavy atom. The predicted molar refractivity (Wildman–Crippen MR) is 65.0 cm³/mol. The van der Waals surface area contributed by atoms with Crippen LogP contribution >= 0.6 is 0 Å². The Kier molecular flexibility index (Phi) is 3.07. The molecule has 2 N–H and O–H groups in total. The highest BCUT2D eigenvalue weighted by Gasteiger charge is 2.05. The third kappa shape index (κ3) is 1.90. The lowest BCUT2D eigenvalue weighted by Crippen LogP contribution is -2.05. The van der Waals surface area contributed by atoms with E-state index in [1.807, 2.05) is 0 Å². The van der Waals surface area contributed by atoms with Gasteiger partial charge in [0, 0.05) is 17.8 Å². The molecule has 2 rings (SSSR count). The van der Waals surface area contributed by atoms with E-state index in [1.165, 1.54) is 16.6 Å². The summed E-state index contributed by atoms with van der Waals surface area (Å²) >= 11 is 0. The van der Waals surface area contributed by atoms with Crippen molar-refractivity contribution in [2.24, 2.45) is 5.73 Å². The summed E-state index contributed by atoms with van der Waals surface area (Å²) in [6, 6.07) is 10.8. The maximum Gasteiger partial charge on any atom is 0.0482 e. The molecule has 0 saturated carbocycles. The second-order valence-electron chi connectivity index (χ2n) is 3.83. The molecule has 0 bridgehead atoms. The van der Waals surface area contributed by atoms with E-state index in [2.05, 4.69) is 41.8 Å². The molecular weight excluding hydrogens is 184 g/mol. The number of hydrogen-bond donors (Lipinski definition) is 1. The van der Waals surface area contributed by atoms with Crippen molar-refractivity contribution in [2.75, 3.05) is 6.54 Å². The van der Waals surface area contributed by atoms with Gasteiger partial charge in [0.15, 0.2) is 0 Å². The van der Waals surface area contributed by atoms with E-state index in [-0.39, 0.29) is 0 Å². The normalized spacial score (nSPS) is 11.1. The molecular formula is C13H18N2. The average molecular weight is 202 g/mol. The molecule has 80 valence electrons. The number of para-hydroxylation sites is 1. The lowest BCUT2D eigenvalue weighted by molar-refractivity contribution is 0.707. The van der Waals surface area contributed by atoms with Crippen LogP contribution in [0.15, 0.2) is 30.3 Å². The first-order valence-corrected chi connectivity index (χ1v) is 5.64. The van der Waals surface area contributed by atoms with Gasteiger partial charge in [0.25, 0.3) is 0 Å². The van der Waals surface area contributed by atoms with E-state index in [0.29, 0.717) is 0 Å². The monoisotopic (exact) mass is 202 g/mol. The molecule has 15 heavy (non-hydrogen) atoms. The molecule has 2 nitrogen and oxygen atoms in total. The molecule has 0 aliphatic rings. The lowest BCUT2D eigenvalue weighted by Gasteiger charge is -2.06. The van der Waals surface area contributed by atoms with Gasteiger partial charge < -0.3 is 10.3 Å². The predicted octanol–water partition coefficient (Wildman–Crippen LogP) is 2.55. The minimum absolute atomic E-state index is 0.769. The molecule has 1 heterocycles. The van der Waals surface area contributed by atoms with Crippen molar-refractivity contribution in [1.29, 1.82) is 0 Å². The maximum absolute atomic E-state index is 5.55. The van der Waals surface area contributed by atoms with Crippen LogP contribution in [0.5, 0.6) is 0 Å². The van der Waals surface area contributed by atoms with Gasteiger partial charge in [-0.15, -0.1) is 0 Å². The van der Waals surface area contributed by atoms with Crippen molar-refractivity contribution >= 4 is 10.9 Å². The number of nitrogens with zero attached hydrogens (tertiary/aromatic N) is 1. The number of fused-ring (bicyclic) bond motifs is 1. The summed E-state index contributed by atoms with van der Waals surface area (Å²) in [7, 11) is 0. The molecule has 0 unspecified atom stereocenters. The fraction of sp³-hybridized carbons (Fsp3) is 0.385. The van der Waals surface area contributed by atoms with Crippen LogP contribution in [0.4, 0.5) is 0 Å². The third-order valence-electron chi connectivity index (χ3n) is 2.85. The third-order valence-corrected chi connectivity index (χ3v) is 2.85.